The highest BCUT2D eigenvalue weighted by molar-refractivity contribution is 6.34. The van der Waals surface area contributed by atoms with Gasteiger partial charge in [0.1, 0.15) is 5.82 Å². The summed E-state index contributed by atoms with van der Waals surface area (Å²) in [4.78, 5) is 33.8. The molecule has 0 aliphatic rings. The van der Waals surface area contributed by atoms with Crippen molar-refractivity contribution in [1.29, 1.82) is 0 Å². The number of nitrogens with one attached hydrogen (secondary N) is 1. The van der Waals surface area contributed by atoms with Crippen molar-refractivity contribution in [2.45, 2.75) is 32.1 Å². The van der Waals surface area contributed by atoms with Crippen LogP contribution >= 0.6 is 11.6 Å². The summed E-state index contributed by atoms with van der Waals surface area (Å²) in [7, 11) is 0. The monoisotopic (exact) mass is 522 g/mol. The Labute approximate surface area is 226 Å². The number of carbonyl (C=O) groups is 2. The molecule has 0 unspecified atom stereocenters. The fourth-order valence-electron chi connectivity index (χ4n) is 4.99. The van der Waals surface area contributed by atoms with Crippen molar-refractivity contribution in [2.75, 3.05) is 0 Å². The van der Waals surface area contributed by atoms with Crippen LogP contribution in [-0.4, -0.2) is 26.8 Å². The molecule has 0 aliphatic heterocycles. The number of benzene rings is 4. The zero-order valence-electron chi connectivity index (χ0n) is 20.9. The molecule has 6 heteroatoms. The summed E-state index contributed by atoms with van der Waals surface area (Å²) >= 11 is 6.66. The number of H-pyrrole nitrogens is 1. The van der Waals surface area contributed by atoms with Gasteiger partial charge in [-0.15, -0.1) is 0 Å². The molecule has 190 valence electrons. The van der Waals surface area contributed by atoms with Gasteiger partial charge in [-0.1, -0.05) is 91.7 Å². The number of nitrogens with zero attached hydrogens (tertiary/aromatic N) is 1. The van der Waals surface area contributed by atoms with E-state index in [4.69, 9.17) is 16.6 Å². The van der Waals surface area contributed by atoms with Crippen molar-refractivity contribution >= 4 is 34.4 Å². The van der Waals surface area contributed by atoms with E-state index in [9.17, 15) is 14.7 Å². The number of para-hydroxylation sites is 2. The van der Waals surface area contributed by atoms with E-state index >= 15 is 0 Å². The molecule has 1 atom stereocenters. The number of fused-ring (bicyclic) bond motifs is 1. The number of hydrogen-bond donors (Lipinski definition) is 2. The smallest absolute Gasteiger partial charge is 0.336 e. The van der Waals surface area contributed by atoms with Crippen LogP contribution < -0.4 is 0 Å². The van der Waals surface area contributed by atoms with E-state index in [1.807, 2.05) is 66.7 Å². The van der Waals surface area contributed by atoms with E-state index in [0.717, 1.165) is 29.4 Å². The Balaban J connectivity index is 1.55. The first-order valence-electron chi connectivity index (χ1n) is 12.7. The quantitative estimate of drug-likeness (QED) is 0.190. The summed E-state index contributed by atoms with van der Waals surface area (Å²) in [6.45, 7) is 2.10. The highest BCUT2D eigenvalue weighted by Crippen LogP contribution is 2.39. The molecule has 5 aromatic rings. The predicted molar refractivity (Wildman–Crippen MR) is 152 cm³/mol. The van der Waals surface area contributed by atoms with Gasteiger partial charge in [0.2, 0.25) is 0 Å². The molecule has 4 aromatic carbocycles. The Morgan fingerprint density at radius 3 is 2.42 bits per heavy atom. The van der Waals surface area contributed by atoms with Crippen molar-refractivity contribution < 1.29 is 14.7 Å². The Hall–Kier alpha value is -4.22. The van der Waals surface area contributed by atoms with Crippen LogP contribution in [0.5, 0.6) is 0 Å². The zero-order valence-corrected chi connectivity index (χ0v) is 21.7. The lowest BCUT2D eigenvalue weighted by Gasteiger charge is -2.17. The highest BCUT2D eigenvalue weighted by atomic mass is 35.5. The van der Waals surface area contributed by atoms with Gasteiger partial charge in [0.05, 0.1) is 16.6 Å². The number of rotatable bonds is 9. The fourth-order valence-corrected chi connectivity index (χ4v) is 5.27. The molecule has 1 aromatic heterocycles. The Morgan fingerprint density at radius 1 is 0.921 bits per heavy atom. The number of halogens is 1. The maximum atomic E-state index is 13.3. The van der Waals surface area contributed by atoms with Crippen LogP contribution in [0.15, 0.2) is 91.0 Å². The second-order valence-electron chi connectivity index (χ2n) is 9.35. The number of carbonyl (C=O) groups excluding carboxylic acids is 1. The van der Waals surface area contributed by atoms with Crippen LogP contribution in [-0.2, 0) is 0 Å². The number of carboxylic acid groups (broad SMARTS) is 1. The van der Waals surface area contributed by atoms with Gasteiger partial charge in [0.25, 0.3) is 0 Å². The first-order chi connectivity index (χ1) is 18.5. The van der Waals surface area contributed by atoms with Gasteiger partial charge in [0, 0.05) is 28.1 Å². The first-order valence-corrected chi connectivity index (χ1v) is 13.0. The molecule has 1 heterocycles. The van der Waals surface area contributed by atoms with E-state index in [-0.39, 0.29) is 17.3 Å². The summed E-state index contributed by atoms with van der Waals surface area (Å²) in [5, 5.41) is 10.6. The average Bonchev–Trinajstić information content (AvgIpc) is 3.37. The van der Waals surface area contributed by atoms with E-state index in [1.54, 1.807) is 18.2 Å². The van der Waals surface area contributed by atoms with Gasteiger partial charge in [-0.25, -0.2) is 9.78 Å². The second-order valence-corrected chi connectivity index (χ2v) is 9.76. The van der Waals surface area contributed by atoms with E-state index in [0.29, 0.717) is 39.5 Å². The first kappa shape index (κ1) is 25.4. The standard InChI is InChI=1S/C32H27ClN2O3/c1-2-9-21(20-10-4-3-5-11-20)19-29(36)22-16-17-23(25(18-22)32(37)38)30-24(12-8-13-26(30)33)31-34-27-14-6-7-15-28(27)35-31/h3-8,10-18,21H,2,9,19H2,1H3,(H,34,35)(H,37,38)/t21-/m1/s1. The van der Waals surface area contributed by atoms with Gasteiger partial charge in [-0.3, -0.25) is 4.79 Å². The minimum Gasteiger partial charge on any atom is -0.478 e. The fraction of sp³-hybridized carbons (Fsp3) is 0.156. The molecular weight excluding hydrogens is 496 g/mol. The van der Waals surface area contributed by atoms with Crippen molar-refractivity contribution in [3.63, 3.8) is 0 Å². The van der Waals surface area contributed by atoms with Crippen molar-refractivity contribution in [3.05, 3.63) is 113 Å². The number of hydrogen-bond acceptors (Lipinski definition) is 3. The third-order valence-corrected chi connectivity index (χ3v) is 7.15. The highest BCUT2D eigenvalue weighted by Gasteiger charge is 2.23. The average molecular weight is 523 g/mol. The molecule has 0 radical (unpaired) electrons. The maximum Gasteiger partial charge on any atom is 0.336 e. The Morgan fingerprint density at radius 2 is 1.68 bits per heavy atom. The van der Waals surface area contributed by atoms with Gasteiger partial charge in [-0.05, 0) is 47.7 Å². The van der Waals surface area contributed by atoms with Gasteiger partial charge < -0.3 is 10.1 Å². The number of aromatic nitrogens is 2. The molecule has 0 saturated heterocycles. The number of imidazole rings is 1. The van der Waals surface area contributed by atoms with Crippen LogP contribution in [0.4, 0.5) is 0 Å². The van der Waals surface area contributed by atoms with Gasteiger partial charge in [0.15, 0.2) is 5.78 Å². The van der Waals surface area contributed by atoms with Crippen LogP contribution in [0.25, 0.3) is 33.5 Å². The number of aromatic carboxylic acids is 1. The van der Waals surface area contributed by atoms with Crippen LogP contribution in [0.2, 0.25) is 5.02 Å². The molecule has 0 fully saturated rings. The Bertz CT molecular complexity index is 1590. The normalized spacial score (nSPS) is 11.9. The third kappa shape index (κ3) is 5.11. The minimum atomic E-state index is -1.13. The Kier molecular flexibility index (Phi) is 7.38. The lowest BCUT2D eigenvalue weighted by molar-refractivity contribution is 0.0697. The maximum absolute atomic E-state index is 13.3. The summed E-state index contributed by atoms with van der Waals surface area (Å²) < 4.78 is 0. The van der Waals surface area contributed by atoms with Crippen LogP contribution in [0.1, 0.15) is 58.4 Å². The number of carboxylic acids is 1. The SMILES string of the molecule is CCC[C@H](CC(=O)c1ccc(-c2c(Cl)cccc2-c2nc3ccccc3[nH]2)c(C(=O)O)c1)c1ccccc1. The van der Waals surface area contributed by atoms with Gasteiger partial charge >= 0.3 is 5.97 Å². The number of Topliss-reactive ketones (excluding diaryl/α,β-unsaturated/α-hetero) is 1. The lowest BCUT2D eigenvalue weighted by Crippen LogP contribution is -2.10. The van der Waals surface area contributed by atoms with Crippen molar-refractivity contribution in [2.24, 2.45) is 0 Å². The topological polar surface area (TPSA) is 83.0 Å². The number of aromatic amines is 1. The molecule has 2 N–H and O–H groups in total. The summed E-state index contributed by atoms with van der Waals surface area (Å²) in [5.41, 5.74) is 4.85. The molecule has 5 rings (SSSR count). The van der Waals surface area contributed by atoms with E-state index in [1.165, 1.54) is 6.07 Å². The van der Waals surface area contributed by atoms with Crippen LogP contribution in [0.3, 0.4) is 0 Å². The molecular formula is C32H27ClN2O3. The predicted octanol–water partition coefficient (Wildman–Crippen LogP) is 8.41. The molecule has 5 nitrogen and oxygen atoms in total. The van der Waals surface area contributed by atoms with Crippen LogP contribution in [0, 0.1) is 0 Å². The zero-order chi connectivity index (χ0) is 26.6. The molecule has 0 saturated carbocycles. The summed E-state index contributed by atoms with van der Waals surface area (Å²) in [6.07, 6.45) is 2.13. The molecule has 38 heavy (non-hydrogen) atoms. The van der Waals surface area contributed by atoms with Crippen molar-refractivity contribution in [3.8, 4) is 22.5 Å². The molecule has 0 bridgehead atoms. The summed E-state index contributed by atoms with van der Waals surface area (Å²) in [5.74, 6) is -0.549. The lowest BCUT2D eigenvalue weighted by atomic mass is 9.87. The van der Waals surface area contributed by atoms with E-state index < -0.39 is 5.97 Å². The molecule has 0 spiro atoms. The third-order valence-electron chi connectivity index (χ3n) is 6.84. The summed E-state index contributed by atoms with van der Waals surface area (Å²) in [6, 6.07) is 27.9. The molecule has 0 amide bonds. The number of ketones is 1. The largest absolute Gasteiger partial charge is 0.478 e. The van der Waals surface area contributed by atoms with Crippen molar-refractivity contribution in [1.82, 2.24) is 9.97 Å². The van der Waals surface area contributed by atoms with Gasteiger partial charge in [-0.2, -0.15) is 0 Å². The molecule has 0 aliphatic carbocycles. The minimum absolute atomic E-state index is 0.0214. The second kappa shape index (κ2) is 11.0. The van der Waals surface area contributed by atoms with E-state index in [2.05, 4.69) is 11.9 Å².